The Morgan fingerprint density at radius 3 is 2.96 bits per heavy atom. The van der Waals surface area contributed by atoms with Crippen LogP contribution in [0.2, 0.25) is 0 Å². The van der Waals surface area contributed by atoms with Gasteiger partial charge in [-0.2, -0.15) is 0 Å². The van der Waals surface area contributed by atoms with Crippen molar-refractivity contribution >= 4 is 5.91 Å². The fourth-order valence-electron chi connectivity index (χ4n) is 4.07. The average Bonchev–Trinajstić information content (AvgIpc) is 3.30. The minimum absolute atomic E-state index is 0.00583. The van der Waals surface area contributed by atoms with Crippen LogP contribution < -0.4 is 4.74 Å². The topological polar surface area (TPSA) is 77.7 Å². The van der Waals surface area contributed by atoms with Crippen molar-refractivity contribution in [3.05, 3.63) is 42.4 Å². The van der Waals surface area contributed by atoms with E-state index in [0.717, 1.165) is 19.3 Å². The van der Waals surface area contributed by atoms with Crippen molar-refractivity contribution in [1.82, 2.24) is 15.0 Å². The Bertz CT molecular complexity index is 721. The second kappa shape index (κ2) is 6.48. The summed E-state index contributed by atoms with van der Waals surface area (Å²) in [6.07, 6.45) is 6.48. The average molecular weight is 343 g/mol. The quantitative estimate of drug-likeness (QED) is 0.848. The van der Waals surface area contributed by atoms with Gasteiger partial charge in [0.25, 0.3) is 5.91 Å². The van der Waals surface area contributed by atoms with Crippen LogP contribution in [0.3, 0.4) is 0 Å². The first-order valence-corrected chi connectivity index (χ1v) is 8.56. The molecule has 4 rings (SSSR count). The van der Waals surface area contributed by atoms with Crippen molar-refractivity contribution < 1.29 is 18.8 Å². The van der Waals surface area contributed by atoms with E-state index >= 15 is 0 Å². The van der Waals surface area contributed by atoms with Crippen LogP contribution >= 0.6 is 0 Å². The lowest BCUT2D eigenvalue weighted by Gasteiger charge is -2.43. The van der Waals surface area contributed by atoms with Crippen molar-refractivity contribution in [1.29, 1.82) is 0 Å². The lowest BCUT2D eigenvalue weighted by molar-refractivity contribution is -0.0791. The number of nitrogens with zero attached hydrogens (tertiary/aromatic N) is 3. The fourth-order valence-corrected chi connectivity index (χ4v) is 4.07. The molecule has 1 amide bonds. The Balaban J connectivity index is 1.53. The summed E-state index contributed by atoms with van der Waals surface area (Å²) in [7, 11) is 1.73. The number of hydrogen-bond donors (Lipinski definition) is 0. The molecule has 2 aliphatic rings. The molecule has 3 atom stereocenters. The minimum atomic E-state index is -0.306. The highest BCUT2D eigenvalue weighted by atomic mass is 16.5. The second-order valence-corrected chi connectivity index (χ2v) is 6.59. The predicted octanol–water partition coefficient (Wildman–Crippen LogP) is 2.30. The summed E-state index contributed by atoms with van der Waals surface area (Å²) in [6.45, 7) is 0.647. The van der Waals surface area contributed by atoms with Crippen LogP contribution in [-0.2, 0) is 4.74 Å². The summed E-state index contributed by atoms with van der Waals surface area (Å²) in [5, 5.41) is 3.64. The summed E-state index contributed by atoms with van der Waals surface area (Å²) in [5.41, 5.74) is -0.306. The van der Waals surface area contributed by atoms with E-state index in [2.05, 4.69) is 10.1 Å². The molecule has 1 aliphatic carbocycles. The van der Waals surface area contributed by atoms with Crippen LogP contribution in [0.4, 0.5) is 0 Å². The number of aromatic nitrogens is 2. The zero-order valence-electron chi connectivity index (χ0n) is 14.1. The molecule has 25 heavy (non-hydrogen) atoms. The fraction of sp³-hybridized carbons (Fsp3) is 0.500. The number of likely N-dealkylation sites (tertiary alicyclic amines) is 1. The Morgan fingerprint density at radius 1 is 1.32 bits per heavy atom. The van der Waals surface area contributed by atoms with Gasteiger partial charge >= 0.3 is 0 Å². The standard InChI is InChI=1S/C18H21N3O4/c1-23-18-7-5-13(24-16-4-2-3-9-19-16)12-15(18)21(11-8-18)17(22)14-6-10-20-25-14/h2-4,6,9-10,13,15H,5,7-8,11-12H2,1H3/t13-,15-,18+/m1/s1. The van der Waals surface area contributed by atoms with Gasteiger partial charge in [0.1, 0.15) is 6.10 Å². The van der Waals surface area contributed by atoms with Crippen LogP contribution in [0.5, 0.6) is 5.88 Å². The highest BCUT2D eigenvalue weighted by molar-refractivity contribution is 5.91. The van der Waals surface area contributed by atoms with Gasteiger partial charge in [0.05, 0.1) is 17.8 Å². The zero-order valence-corrected chi connectivity index (χ0v) is 14.1. The van der Waals surface area contributed by atoms with E-state index in [1.165, 1.54) is 6.20 Å². The molecule has 0 bridgehead atoms. The molecule has 2 fully saturated rings. The normalized spacial score (nSPS) is 28.6. The molecular formula is C18H21N3O4. The van der Waals surface area contributed by atoms with Crippen LogP contribution in [0, 0.1) is 0 Å². The Morgan fingerprint density at radius 2 is 2.24 bits per heavy atom. The number of rotatable bonds is 4. The Labute approximate surface area is 145 Å². The Kier molecular flexibility index (Phi) is 4.17. The van der Waals surface area contributed by atoms with Crippen LogP contribution in [0.15, 0.2) is 41.2 Å². The largest absolute Gasteiger partial charge is 0.474 e. The van der Waals surface area contributed by atoms with Crippen molar-refractivity contribution in [3.8, 4) is 5.88 Å². The molecule has 0 spiro atoms. The number of carbonyl (C=O) groups excluding carboxylic acids is 1. The number of amides is 1. The number of fused-ring (bicyclic) bond motifs is 1. The molecule has 2 aromatic rings. The van der Waals surface area contributed by atoms with Gasteiger partial charge in [-0.1, -0.05) is 11.2 Å². The van der Waals surface area contributed by atoms with Crippen molar-refractivity contribution in [3.63, 3.8) is 0 Å². The molecule has 3 heterocycles. The second-order valence-electron chi connectivity index (χ2n) is 6.59. The third-order valence-electron chi connectivity index (χ3n) is 5.38. The van der Waals surface area contributed by atoms with Gasteiger partial charge in [-0.3, -0.25) is 4.79 Å². The predicted molar refractivity (Wildman–Crippen MR) is 88.2 cm³/mol. The number of ether oxygens (including phenoxy) is 2. The van der Waals surface area contributed by atoms with Gasteiger partial charge in [-0.25, -0.2) is 4.98 Å². The summed E-state index contributed by atoms with van der Waals surface area (Å²) in [4.78, 5) is 18.8. The first-order chi connectivity index (χ1) is 12.2. The number of methoxy groups -OCH3 is 1. The van der Waals surface area contributed by atoms with Gasteiger partial charge in [-0.05, 0) is 25.3 Å². The van der Waals surface area contributed by atoms with E-state index < -0.39 is 0 Å². The SMILES string of the molecule is CO[C@]12CC[C@@H](Oc3ccccn3)C[C@H]1N(C(=O)c1ccno1)CC2. The van der Waals surface area contributed by atoms with Crippen LogP contribution in [-0.4, -0.2) is 52.3 Å². The minimum Gasteiger partial charge on any atom is -0.474 e. The van der Waals surface area contributed by atoms with Gasteiger partial charge < -0.3 is 18.9 Å². The first kappa shape index (κ1) is 16.1. The first-order valence-electron chi connectivity index (χ1n) is 8.56. The maximum atomic E-state index is 12.8. The van der Waals surface area contributed by atoms with Gasteiger partial charge in [0.15, 0.2) is 0 Å². The molecule has 1 saturated carbocycles. The molecule has 1 saturated heterocycles. The van der Waals surface area contributed by atoms with Crippen LogP contribution in [0.1, 0.15) is 36.2 Å². The molecule has 7 nitrogen and oxygen atoms in total. The lowest BCUT2D eigenvalue weighted by atomic mass is 9.79. The highest BCUT2D eigenvalue weighted by Gasteiger charge is 2.53. The summed E-state index contributed by atoms with van der Waals surface area (Å²) < 4.78 is 17.0. The lowest BCUT2D eigenvalue weighted by Crippen LogP contribution is -2.53. The van der Waals surface area contributed by atoms with E-state index in [0.29, 0.717) is 18.8 Å². The molecule has 1 aliphatic heterocycles. The molecule has 2 aromatic heterocycles. The smallest absolute Gasteiger partial charge is 0.292 e. The monoisotopic (exact) mass is 343 g/mol. The van der Waals surface area contributed by atoms with E-state index in [9.17, 15) is 4.79 Å². The number of hydrogen-bond acceptors (Lipinski definition) is 6. The summed E-state index contributed by atoms with van der Waals surface area (Å²) in [5.74, 6) is 0.739. The van der Waals surface area contributed by atoms with E-state index in [-0.39, 0.29) is 29.4 Å². The third-order valence-corrected chi connectivity index (χ3v) is 5.38. The molecule has 0 radical (unpaired) electrons. The molecular weight excluding hydrogens is 322 g/mol. The number of pyridine rings is 1. The third kappa shape index (κ3) is 2.89. The molecule has 0 aromatic carbocycles. The molecule has 0 N–H and O–H groups in total. The summed E-state index contributed by atoms with van der Waals surface area (Å²) >= 11 is 0. The maximum Gasteiger partial charge on any atom is 0.292 e. The highest BCUT2D eigenvalue weighted by Crippen LogP contribution is 2.43. The zero-order chi connectivity index (χ0) is 17.3. The van der Waals surface area contributed by atoms with Gasteiger partial charge in [0.2, 0.25) is 11.6 Å². The van der Waals surface area contributed by atoms with E-state index in [4.69, 9.17) is 14.0 Å². The maximum absolute atomic E-state index is 12.8. The van der Waals surface area contributed by atoms with Crippen molar-refractivity contribution in [2.75, 3.05) is 13.7 Å². The van der Waals surface area contributed by atoms with Gasteiger partial charge in [0, 0.05) is 38.4 Å². The molecule has 0 unspecified atom stereocenters. The van der Waals surface area contributed by atoms with Crippen LogP contribution in [0.25, 0.3) is 0 Å². The van der Waals surface area contributed by atoms with Crippen molar-refractivity contribution in [2.24, 2.45) is 0 Å². The van der Waals surface area contributed by atoms with Crippen molar-refractivity contribution in [2.45, 2.75) is 43.4 Å². The molecule has 7 heteroatoms. The Hall–Kier alpha value is -2.41. The molecule has 132 valence electrons. The van der Waals surface area contributed by atoms with Gasteiger partial charge in [-0.15, -0.1) is 0 Å². The summed E-state index contributed by atoms with van der Waals surface area (Å²) in [6, 6.07) is 7.17. The van der Waals surface area contributed by atoms with E-state index in [1.54, 1.807) is 19.4 Å². The number of carbonyl (C=O) groups is 1. The van der Waals surface area contributed by atoms with E-state index in [1.807, 2.05) is 23.1 Å².